The lowest BCUT2D eigenvalue weighted by Gasteiger charge is -2.26. The Morgan fingerprint density at radius 1 is 0.983 bits per heavy atom. The topological polar surface area (TPSA) is 142 Å². The van der Waals surface area contributed by atoms with Crippen molar-refractivity contribution in [1.82, 2.24) is 29.5 Å². The van der Waals surface area contributed by atoms with Crippen LogP contribution in [0.15, 0.2) is 65.5 Å². The van der Waals surface area contributed by atoms with Crippen LogP contribution < -0.4 is 11.3 Å². The predicted octanol–water partition coefficient (Wildman–Crippen LogP) is 9.73. The summed E-state index contributed by atoms with van der Waals surface area (Å²) in [6, 6.07) is 15.4. The summed E-state index contributed by atoms with van der Waals surface area (Å²) < 4.78 is 83.7. The normalized spacial score (nSPS) is 14.7. The number of nitrogen functional groups attached to an aromatic ring is 1. The maximum Gasteiger partial charge on any atom is 0.292 e. The fourth-order valence-electron chi connectivity index (χ4n) is 7.16. The van der Waals surface area contributed by atoms with Gasteiger partial charge in [0.1, 0.15) is 34.6 Å². The van der Waals surface area contributed by atoms with E-state index in [1.165, 1.54) is 36.6 Å². The average Bonchev–Trinajstić information content (AvgIpc) is 3.66. The number of fused-ring (bicyclic) bond motifs is 2. The van der Waals surface area contributed by atoms with Gasteiger partial charge < -0.3 is 10.8 Å². The summed E-state index contributed by atoms with van der Waals surface area (Å²) >= 11 is 0. The Morgan fingerprint density at radius 2 is 1.65 bits per heavy atom. The zero-order chi connectivity index (χ0) is 44.4. The van der Waals surface area contributed by atoms with Gasteiger partial charge in [0.25, 0.3) is 17.9 Å². The third-order valence-electron chi connectivity index (χ3n) is 10.3. The number of ketones is 1. The first kappa shape index (κ1) is 45.0. The Balaban J connectivity index is 0.000000285. The highest BCUT2D eigenvalue weighted by Gasteiger charge is 2.51. The van der Waals surface area contributed by atoms with Gasteiger partial charge in [-0.3, -0.25) is 18.8 Å². The second-order valence-electron chi connectivity index (χ2n) is 15.0. The van der Waals surface area contributed by atoms with Crippen LogP contribution in [0.4, 0.5) is 32.0 Å². The highest BCUT2D eigenvalue weighted by atomic mass is 19.3. The number of halogens is 6. The Bertz CT molecular complexity index is 2570. The summed E-state index contributed by atoms with van der Waals surface area (Å²) in [4.78, 5) is 30.1. The molecular weight excluding hydrogens is 789 g/mol. The summed E-state index contributed by atoms with van der Waals surface area (Å²) in [5, 5.41) is 22.4. The van der Waals surface area contributed by atoms with Crippen molar-refractivity contribution in [3.63, 3.8) is 0 Å². The van der Waals surface area contributed by atoms with E-state index in [9.17, 15) is 41.0 Å². The van der Waals surface area contributed by atoms with Crippen molar-refractivity contribution < 1.29 is 36.2 Å². The fourth-order valence-corrected chi connectivity index (χ4v) is 7.16. The molecule has 7 rings (SSSR count). The van der Waals surface area contributed by atoms with Crippen LogP contribution in [0.1, 0.15) is 93.5 Å². The van der Waals surface area contributed by atoms with Gasteiger partial charge in [0, 0.05) is 34.6 Å². The van der Waals surface area contributed by atoms with Gasteiger partial charge in [0.15, 0.2) is 5.78 Å². The van der Waals surface area contributed by atoms with E-state index in [1.807, 2.05) is 46.8 Å². The molecule has 0 amide bonds. The highest BCUT2D eigenvalue weighted by Crippen LogP contribution is 2.48. The van der Waals surface area contributed by atoms with Crippen LogP contribution in [0.2, 0.25) is 0 Å². The minimum Gasteiger partial charge on any atom is -0.508 e. The molecule has 0 saturated carbocycles. The second-order valence-corrected chi connectivity index (χ2v) is 15.0. The Morgan fingerprint density at radius 3 is 2.23 bits per heavy atom. The molecular formula is C44H47F6N7O3. The van der Waals surface area contributed by atoms with E-state index in [-0.39, 0.29) is 41.3 Å². The lowest BCUT2D eigenvalue weighted by Crippen LogP contribution is -2.29. The van der Waals surface area contributed by atoms with Gasteiger partial charge in [-0.05, 0) is 93.6 Å². The molecule has 0 saturated heterocycles. The van der Waals surface area contributed by atoms with Crippen LogP contribution in [-0.2, 0) is 30.1 Å². The van der Waals surface area contributed by atoms with Crippen LogP contribution in [-0.4, -0.2) is 40.4 Å². The summed E-state index contributed by atoms with van der Waals surface area (Å²) in [7, 11) is 0. The van der Waals surface area contributed by atoms with Crippen LogP contribution >= 0.6 is 0 Å². The number of phenols is 1. The molecule has 3 aromatic heterocycles. The predicted molar refractivity (Wildman–Crippen MR) is 218 cm³/mol. The first-order valence-corrected chi connectivity index (χ1v) is 19.4. The molecule has 1 aliphatic carbocycles. The molecule has 0 radical (unpaired) electrons. The van der Waals surface area contributed by atoms with Crippen molar-refractivity contribution >= 4 is 22.4 Å². The monoisotopic (exact) mass is 835 g/mol. The number of alkyl halides is 4. The number of aromatic nitrogens is 6. The number of nitrogens with two attached hydrogens (primary N) is 1. The van der Waals surface area contributed by atoms with E-state index < -0.39 is 59.5 Å². The maximum absolute atomic E-state index is 14.1. The van der Waals surface area contributed by atoms with Crippen molar-refractivity contribution in [1.29, 1.82) is 0 Å². The van der Waals surface area contributed by atoms with Crippen molar-refractivity contribution in [2.24, 2.45) is 11.8 Å². The number of aryl methyl sites for hydroxylation is 1. The number of rotatable bonds is 9. The molecule has 3 N–H and O–H groups in total. The maximum atomic E-state index is 14.1. The summed E-state index contributed by atoms with van der Waals surface area (Å²) in [6.07, 6.45) is -2.82. The molecule has 2 atom stereocenters. The quantitative estimate of drug-likeness (QED) is 0.108. The molecule has 60 heavy (non-hydrogen) atoms. The van der Waals surface area contributed by atoms with Gasteiger partial charge in [-0.1, -0.05) is 40.7 Å². The van der Waals surface area contributed by atoms with E-state index >= 15 is 0 Å². The molecule has 3 heterocycles. The Kier molecular flexibility index (Phi) is 13.6. The smallest absolute Gasteiger partial charge is 0.292 e. The third kappa shape index (κ3) is 9.06. The first-order valence-electron chi connectivity index (χ1n) is 19.4. The molecule has 318 valence electrons. The molecule has 0 spiro atoms. The standard InChI is InChI=1S/C31H29F2N5O2.C11H12F4N2O.C2H6/c1-16(2)24(13-19-11-21(32)15-22(33)12-19)30-35-26-14-20(25-8-5-17(3)36-37-25)6-7-23(26)31(40)38(30)27-9-10-28(39)18(4)29(27)34;1-5-3-7-8(10(12)13)16-17(4-6(2)18)9(7)11(5,14)15;1-2/h5-12,14-16,24,39H,13,34H2,1-4H3;5,10H,3-4H2,1-2H3;1-2H3/t;5-;/m.0./s1. The fraction of sp³-hybridized carbons (Fsp3) is 0.364. The number of Topliss-reactive ketones (excluding diaryl/α,β-unsaturated/α-hetero) is 1. The van der Waals surface area contributed by atoms with Gasteiger partial charge in [-0.2, -0.15) is 24.1 Å². The zero-order valence-corrected chi connectivity index (χ0v) is 34.5. The lowest BCUT2D eigenvalue weighted by molar-refractivity contribution is -0.118. The molecule has 3 aromatic carbocycles. The number of anilines is 1. The van der Waals surface area contributed by atoms with Crippen molar-refractivity contribution in [3.8, 4) is 22.7 Å². The molecule has 16 heteroatoms. The Hall–Kier alpha value is -6.06. The third-order valence-corrected chi connectivity index (χ3v) is 10.3. The van der Waals surface area contributed by atoms with Crippen molar-refractivity contribution in [3.05, 3.63) is 122 Å². The zero-order valence-electron chi connectivity index (χ0n) is 34.5. The molecule has 0 bridgehead atoms. The van der Waals surface area contributed by atoms with Gasteiger partial charge >= 0.3 is 0 Å². The van der Waals surface area contributed by atoms with Crippen LogP contribution in [0.5, 0.6) is 5.75 Å². The number of carbonyl (C=O) groups is 1. The number of aromatic hydroxyl groups is 1. The molecule has 10 nitrogen and oxygen atoms in total. The van der Waals surface area contributed by atoms with Crippen molar-refractivity contribution in [2.45, 2.75) is 93.0 Å². The second kappa shape index (κ2) is 18.1. The number of hydrogen-bond donors (Lipinski definition) is 2. The molecule has 0 aliphatic heterocycles. The van der Waals surface area contributed by atoms with Gasteiger partial charge in [-0.15, -0.1) is 0 Å². The number of benzene rings is 3. The average molecular weight is 836 g/mol. The summed E-state index contributed by atoms with van der Waals surface area (Å²) in [6.45, 7) is 13.5. The number of carbonyl (C=O) groups excluding carboxylic acids is 1. The van der Waals surface area contributed by atoms with E-state index in [4.69, 9.17) is 10.7 Å². The Labute approximate surface area is 343 Å². The van der Waals surface area contributed by atoms with E-state index in [0.717, 1.165) is 22.0 Å². The minimum atomic E-state index is -3.22. The lowest BCUT2D eigenvalue weighted by atomic mass is 9.87. The molecule has 6 aromatic rings. The van der Waals surface area contributed by atoms with Crippen LogP contribution in [0, 0.1) is 37.3 Å². The van der Waals surface area contributed by atoms with Crippen LogP contribution in [0.25, 0.3) is 27.8 Å². The summed E-state index contributed by atoms with van der Waals surface area (Å²) in [5.74, 6) is -6.14. The molecule has 1 unspecified atom stereocenters. The molecule has 0 fully saturated rings. The highest BCUT2D eigenvalue weighted by molar-refractivity contribution is 5.84. The van der Waals surface area contributed by atoms with Gasteiger partial charge in [0.05, 0.1) is 40.2 Å². The van der Waals surface area contributed by atoms with E-state index in [0.29, 0.717) is 39.2 Å². The summed E-state index contributed by atoms with van der Waals surface area (Å²) in [5.41, 5.74) is 8.87. The van der Waals surface area contributed by atoms with Gasteiger partial charge in [0.2, 0.25) is 0 Å². The molecule has 1 aliphatic rings. The van der Waals surface area contributed by atoms with Crippen LogP contribution in [0.3, 0.4) is 0 Å². The largest absolute Gasteiger partial charge is 0.508 e. The van der Waals surface area contributed by atoms with E-state index in [2.05, 4.69) is 15.3 Å². The van der Waals surface area contributed by atoms with Gasteiger partial charge in [-0.25, -0.2) is 22.5 Å². The van der Waals surface area contributed by atoms with Crippen molar-refractivity contribution in [2.75, 3.05) is 5.73 Å². The number of nitrogens with zero attached hydrogens (tertiary/aromatic N) is 6. The number of phenolic OH excluding ortho intramolecular Hbond substituents is 1. The first-order chi connectivity index (χ1) is 28.3. The SMILES string of the molecule is CC.CC(=O)Cn1nc(C(F)F)c2c1C(F)(F)[C@@H](C)C2.Cc1ccc(-c2ccc3c(=O)n(-c4ccc(O)c(C)c4N)c(C(Cc4cc(F)cc(F)c4)C(C)C)nc3c2)nn1. The van der Waals surface area contributed by atoms with E-state index in [1.54, 1.807) is 31.2 Å². The number of hydrogen-bond acceptors (Lipinski definition) is 8. The minimum absolute atomic E-state index is 0.00379.